The van der Waals surface area contributed by atoms with E-state index in [0.717, 1.165) is 52.9 Å². The lowest BCUT2D eigenvalue weighted by Crippen LogP contribution is -2.31. The molecular weight excluding hydrogens is 446 g/mol. The van der Waals surface area contributed by atoms with Gasteiger partial charge in [-0.25, -0.2) is 4.98 Å². The van der Waals surface area contributed by atoms with E-state index in [0.29, 0.717) is 10.5 Å². The number of benzene rings is 1. The Morgan fingerprint density at radius 2 is 2.00 bits per heavy atom. The van der Waals surface area contributed by atoms with E-state index in [9.17, 15) is 14.4 Å². The second kappa shape index (κ2) is 9.46. The monoisotopic (exact) mass is 471 g/mol. The molecule has 0 radical (unpaired) electrons. The molecule has 0 bridgehead atoms. The Kier molecular flexibility index (Phi) is 6.66. The highest BCUT2D eigenvalue weighted by molar-refractivity contribution is 7.99. The third-order valence-electron chi connectivity index (χ3n) is 5.70. The van der Waals surface area contributed by atoms with Gasteiger partial charge in [0.2, 0.25) is 5.91 Å². The van der Waals surface area contributed by atoms with Crippen molar-refractivity contribution >= 4 is 45.2 Å². The molecule has 9 heteroatoms. The van der Waals surface area contributed by atoms with Crippen LogP contribution in [-0.4, -0.2) is 40.8 Å². The minimum absolute atomic E-state index is 0.0326. The van der Waals surface area contributed by atoms with E-state index in [1.54, 1.807) is 15.9 Å². The van der Waals surface area contributed by atoms with Crippen LogP contribution in [0.5, 0.6) is 0 Å². The average molecular weight is 472 g/mol. The molecule has 0 atom stereocenters. The van der Waals surface area contributed by atoms with E-state index in [1.807, 2.05) is 32.0 Å². The molecule has 1 aliphatic carbocycles. The summed E-state index contributed by atoms with van der Waals surface area (Å²) in [5.74, 6) is -0.809. The zero-order chi connectivity index (χ0) is 22.8. The van der Waals surface area contributed by atoms with Gasteiger partial charge in [0.25, 0.3) is 5.56 Å². The molecular formula is C23H25N3O4S2. The highest BCUT2D eigenvalue weighted by Crippen LogP contribution is 2.35. The number of methoxy groups -OCH3 is 1. The maximum Gasteiger partial charge on any atom is 0.325 e. The second-order valence-corrected chi connectivity index (χ2v) is 9.86. The third kappa shape index (κ3) is 4.45. The topological polar surface area (TPSA) is 90.3 Å². The van der Waals surface area contributed by atoms with Crippen molar-refractivity contribution in [3.05, 3.63) is 50.1 Å². The van der Waals surface area contributed by atoms with Crippen molar-refractivity contribution in [1.82, 2.24) is 14.9 Å². The zero-order valence-electron chi connectivity index (χ0n) is 18.3. The molecule has 0 saturated carbocycles. The Hall–Kier alpha value is -2.65. The van der Waals surface area contributed by atoms with Crippen LogP contribution < -0.4 is 10.9 Å². The van der Waals surface area contributed by atoms with Crippen LogP contribution in [0.2, 0.25) is 0 Å². The molecule has 0 fully saturated rings. The van der Waals surface area contributed by atoms with E-state index in [4.69, 9.17) is 4.98 Å². The van der Waals surface area contributed by atoms with Gasteiger partial charge in [0.15, 0.2) is 5.16 Å². The minimum Gasteiger partial charge on any atom is -0.468 e. The van der Waals surface area contributed by atoms with Crippen molar-refractivity contribution in [2.75, 3.05) is 19.4 Å². The quantitative estimate of drug-likeness (QED) is 0.337. The predicted octanol–water partition coefficient (Wildman–Crippen LogP) is 3.32. The Morgan fingerprint density at radius 3 is 2.75 bits per heavy atom. The Labute approximate surface area is 194 Å². The number of ether oxygens (including phenoxy) is 1. The van der Waals surface area contributed by atoms with Crippen LogP contribution in [0.4, 0.5) is 0 Å². The first-order valence-electron chi connectivity index (χ1n) is 10.5. The molecule has 1 aliphatic rings. The van der Waals surface area contributed by atoms with Crippen LogP contribution in [0.25, 0.3) is 15.9 Å². The summed E-state index contributed by atoms with van der Waals surface area (Å²) in [6, 6.07) is 5.88. The number of esters is 1. The van der Waals surface area contributed by atoms with E-state index in [2.05, 4.69) is 10.1 Å². The Balaban J connectivity index is 1.76. The second-order valence-electron chi connectivity index (χ2n) is 7.84. The van der Waals surface area contributed by atoms with E-state index >= 15 is 0 Å². The van der Waals surface area contributed by atoms with Crippen molar-refractivity contribution in [3.63, 3.8) is 0 Å². The molecule has 32 heavy (non-hydrogen) atoms. The van der Waals surface area contributed by atoms with Crippen molar-refractivity contribution < 1.29 is 14.3 Å². The summed E-state index contributed by atoms with van der Waals surface area (Å²) >= 11 is 2.78. The van der Waals surface area contributed by atoms with Gasteiger partial charge in [0.1, 0.15) is 11.4 Å². The number of amides is 1. The number of fused-ring (bicyclic) bond motifs is 3. The number of rotatable bonds is 6. The molecule has 1 aromatic carbocycles. The smallest absolute Gasteiger partial charge is 0.325 e. The number of thiophene rings is 1. The van der Waals surface area contributed by atoms with Crippen molar-refractivity contribution in [1.29, 1.82) is 0 Å². The predicted molar refractivity (Wildman–Crippen MR) is 127 cm³/mol. The first kappa shape index (κ1) is 22.5. The summed E-state index contributed by atoms with van der Waals surface area (Å²) in [5, 5.41) is 3.70. The summed E-state index contributed by atoms with van der Waals surface area (Å²) in [7, 11) is 1.27. The molecule has 1 N–H and O–H groups in total. The molecule has 1 amide bonds. The number of aryl methyl sites for hydroxylation is 4. The lowest BCUT2D eigenvalue weighted by molar-refractivity contribution is -0.140. The first-order chi connectivity index (χ1) is 15.4. The molecule has 168 valence electrons. The van der Waals surface area contributed by atoms with E-state index in [1.165, 1.54) is 23.7 Å². The number of carbonyl (C=O) groups excluding carboxylic acids is 2. The molecule has 7 nitrogen and oxygen atoms in total. The van der Waals surface area contributed by atoms with Crippen molar-refractivity contribution in [3.8, 4) is 5.69 Å². The minimum atomic E-state index is -0.515. The van der Waals surface area contributed by atoms with Crippen LogP contribution >= 0.6 is 23.1 Å². The van der Waals surface area contributed by atoms with Crippen LogP contribution in [0, 0.1) is 13.8 Å². The maximum absolute atomic E-state index is 13.7. The van der Waals surface area contributed by atoms with Gasteiger partial charge in [0.05, 0.1) is 23.9 Å². The standard InChI is InChI=1S/C23H25N3O4S2/c1-13-8-9-15(10-14(13)2)26-22(29)20-16-6-4-5-7-17(16)32-21(20)25-23(26)31-12-18(27)24-11-19(28)30-3/h8-10H,4-7,11-12H2,1-3H3,(H,24,27). The SMILES string of the molecule is COC(=O)CNC(=O)CSc1nc2sc3c(c2c(=O)n1-c1ccc(C)c(C)c1)CCCC3. The van der Waals surface area contributed by atoms with Crippen molar-refractivity contribution in [2.45, 2.75) is 44.7 Å². The normalized spacial score (nSPS) is 13.1. The third-order valence-corrected chi connectivity index (χ3v) is 7.82. The summed E-state index contributed by atoms with van der Waals surface area (Å²) in [6.45, 7) is 3.85. The highest BCUT2D eigenvalue weighted by Gasteiger charge is 2.23. The highest BCUT2D eigenvalue weighted by atomic mass is 32.2. The van der Waals surface area contributed by atoms with Gasteiger partial charge in [-0.15, -0.1) is 11.3 Å². The number of thioether (sulfide) groups is 1. The van der Waals surface area contributed by atoms with Gasteiger partial charge in [0, 0.05) is 4.88 Å². The number of nitrogens with one attached hydrogen (secondary N) is 1. The number of carbonyl (C=O) groups is 2. The molecule has 2 heterocycles. The number of aromatic nitrogens is 2. The molecule has 0 unspecified atom stereocenters. The largest absolute Gasteiger partial charge is 0.468 e. The Morgan fingerprint density at radius 1 is 1.22 bits per heavy atom. The summed E-state index contributed by atoms with van der Waals surface area (Å²) in [5.41, 5.74) is 4.00. The lowest BCUT2D eigenvalue weighted by Gasteiger charge is -2.14. The average Bonchev–Trinajstić information content (AvgIpc) is 3.16. The Bertz CT molecular complexity index is 1260. The first-order valence-corrected chi connectivity index (χ1v) is 12.3. The molecule has 4 rings (SSSR count). The van der Waals surface area contributed by atoms with Gasteiger partial charge in [-0.05, 0) is 68.4 Å². The molecule has 0 saturated heterocycles. The molecule has 0 aliphatic heterocycles. The lowest BCUT2D eigenvalue weighted by atomic mass is 9.97. The number of hydrogen-bond donors (Lipinski definition) is 1. The molecule has 3 aromatic rings. The van der Waals surface area contributed by atoms with Crippen LogP contribution in [-0.2, 0) is 27.2 Å². The fraction of sp³-hybridized carbons (Fsp3) is 0.391. The fourth-order valence-electron chi connectivity index (χ4n) is 3.80. The van der Waals surface area contributed by atoms with Crippen LogP contribution in [0.1, 0.15) is 34.4 Å². The number of hydrogen-bond acceptors (Lipinski definition) is 7. The summed E-state index contributed by atoms with van der Waals surface area (Å²) in [4.78, 5) is 44.1. The summed E-state index contributed by atoms with van der Waals surface area (Å²) < 4.78 is 6.17. The van der Waals surface area contributed by atoms with E-state index < -0.39 is 5.97 Å². The van der Waals surface area contributed by atoms with Crippen LogP contribution in [0.3, 0.4) is 0 Å². The van der Waals surface area contributed by atoms with Crippen molar-refractivity contribution in [2.24, 2.45) is 0 Å². The van der Waals surface area contributed by atoms with Gasteiger partial charge in [-0.2, -0.15) is 0 Å². The molecule has 0 spiro atoms. The van der Waals surface area contributed by atoms with Crippen LogP contribution in [0.15, 0.2) is 28.2 Å². The molecule has 2 aromatic heterocycles. The van der Waals surface area contributed by atoms with Gasteiger partial charge >= 0.3 is 5.97 Å². The van der Waals surface area contributed by atoms with Gasteiger partial charge in [-0.3, -0.25) is 19.0 Å². The van der Waals surface area contributed by atoms with Gasteiger partial charge in [-0.1, -0.05) is 17.8 Å². The van der Waals surface area contributed by atoms with Gasteiger partial charge < -0.3 is 10.1 Å². The summed E-state index contributed by atoms with van der Waals surface area (Å²) in [6.07, 6.45) is 4.10. The zero-order valence-corrected chi connectivity index (χ0v) is 20.0. The van der Waals surface area contributed by atoms with E-state index in [-0.39, 0.29) is 23.8 Å². The fourth-order valence-corrected chi connectivity index (χ4v) is 5.94. The number of nitrogens with zero attached hydrogens (tertiary/aromatic N) is 2. The maximum atomic E-state index is 13.7.